The van der Waals surface area contributed by atoms with Gasteiger partial charge in [0.1, 0.15) is 0 Å². The molecular formula is C30H60N4O2. The number of nitrogens with two attached hydrogens (primary N) is 2. The molecule has 6 heteroatoms. The summed E-state index contributed by atoms with van der Waals surface area (Å²) in [5, 5.41) is 6.08. The largest absolute Gasteiger partial charge is 0.369 e. The van der Waals surface area contributed by atoms with E-state index in [9.17, 15) is 9.59 Å². The van der Waals surface area contributed by atoms with Gasteiger partial charge in [-0.2, -0.15) is 0 Å². The fourth-order valence-electron chi connectivity index (χ4n) is 6.10. The molecule has 3 rings (SSSR count). The molecule has 0 bridgehead atoms. The lowest BCUT2D eigenvalue weighted by Gasteiger charge is -2.35. The van der Waals surface area contributed by atoms with E-state index in [2.05, 4.69) is 31.4 Å². The van der Waals surface area contributed by atoms with E-state index in [0.717, 1.165) is 56.8 Å². The Morgan fingerprint density at radius 2 is 1.44 bits per heavy atom. The van der Waals surface area contributed by atoms with Crippen LogP contribution in [-0.2, 0) is 9.59 Å². The predicted molar refractivity (Wildman–Crippen MR) is 152 cm³/mol. The highest BCUT2D eigenvalue weighted by Crippen LogP contribution is 2.45. The smallest absolute Gasteiger partial charge is 0.237 e. The molecule has 3 fully saturated rings. The molecule has 2 amide bonds. The highest BCUT2D eigenvalue weighted by atomic mass is 16.2. The first kappa shape index (κ1) is 32.9. The second-order valence-electron chi connectivity index (χ2n) is 11.5. The Hall–Kier alpha value is -1.14. The van der Waals surface area contributed by atoms with E-state index in [1.54, 1.807) is 32.7 Å². The SMILES string of the molecule is C1CCC2CCCCC2C1.CCC.CCCC[C@@H](C(N)=O)[C@H]1CC1CNC(=O)[C@H](CCCCN)NC. The summed E-state index contributed by atoms with van der Waals surface area (Å²) in [6, 6.07) is -0.161. The van der Waals surface area contributed by atoms with Crippen LogP contribution in [0.4, 0.5) is 0 Å². The predicted octanol–water partition coefficient (Wildman–Crippen LogP) is 5.53. The van der Waals surface area contributed by atoms with Crippen LogP contribution in [0.25, 0.3) is 0 Å². The number of primary amides is 1. The van der Waals surface area contributed by atoms with Crippen molar-refractivity contribution in [2.75, 3.05) is 20.1 Å². The molecule has 6 nitrogen and oxygen atoms in total. The lowest BCUT2D eigenvalue weighted by atomic mass is 9.71. The number of fused-ring (bicyclic) bond motifs is 1. The Labute approximate surface area is 222 Å². The number of carbonyl (C=O) groups excluding carboxylic acids is 2. The Balaban J connectivity index is 0.000000406. The van der Waals surface area contributed by atoms with Crippen molar-refractivity contribution in [1.82, 2.24) is 10.6 Å². The molecule has 1 unspecified atom stereocenters. The van der Waals surface area contributed by atoms with Gasteiger partial charge in [-0.3, -0.25) is 9.59 Å². The zero-order valence-electron chi connectivity index (χ0n) is 24.2. The van der Waals surface area contributed by atoms with Gasteiger partial charge in [-0.25, -0.2) is 0 Å². The molecule has 3 saturated carbocycles. The van der Waals surface area contributed by atoms with Crippen LogP contribution in [0, 0.1) is 29.6 Å². The van der Waals surface area contributed by atoms with Gasteiger partial charge in [0.15, 0.2) is 0 Å². The summed E-state index contributed by atoms with van der Waals surface area (Å²) in [5.74, 6) is 2.89. The van der Waals surface area contributed by atoms with Gasteiger partial charge in [0, 0.05) is 12.5 Å². The average molecular weight is 509 g/mol. The van der Waals surface area contributed by atoms with Gasteiger partial charge in [-0.05, 0) is 62.9 Å². The maximum atomic E-state index is 12.2. The van der Waals surface area contributed by atoms with Crippen molar-refractivity contribution in [3.05, 3.63) is 0 Å². The van der Waals surface area contributed by atoms with Gasteiger partial charge in [0.25, 0.3) is 0 Å². The summed E-state index contributed by atoms with van der Waals surface area (Å²) in [4.78, 5) is 23.8. The van der Waals surface area contributed by atoms with E-state index in [4.69, 9.17) is 11.5 Å². The summed E-state index contributed by atoms with van der Waals surface area (Å²) in [7, 11) is 1.81. The minimum Gasteiger partial charge on any atom is -0.369 e. The third-order valence-corrected chi connectivity index (χ3v) is 8.34. The van der Waals surface area contributed by atoms with Crippen LogP contribution in [0.15, 0.2) is 0 Å². The maximum Gasteiger partial charge on any atom is 0.237 e. The van der Waals surface area contributed by atoms with Gasteiger partial charge in [0.2, 0.25) is 11.8 Å². The Morgan fingerprint density at radius 3 is 1.89 bits per heavy atom. The third kappa shape index (κ3) is 12.9. The summed E-state index contributed by atoms with van der Waals surface area (Å²) < 4.78 is 0. The van der Waals surface area contributed by atoms with Crippen LogP contribution in [0.3, 0.4) is 0 Å². The van der Waals surface area contributed by atoms with Crippen molar-refractivity contribution in [3.8, 4) is 0 Å². The lowest BCUT2D eigenvalue weighted by Crippen LogP contribution is -2.43. The van der Waals surface area contributed by atoms with Crippen molar-refractivity contribution in [2.24, 2.45) is 41.1 Å². The molecule has 0 aromatic carbocycles. The molecule has 0 spiro atoms. The fraction of sp³-hybridized carbons (Fsp3) is 0.933. The lowest BCUT2D eigenvalue weighted by molar-refractivity contribution is -0.123. The number of rotatable bonds is 13. The molecule has 6 N–H and O–H groups in total. The second-order valence-corrected chi connectivity index (χ2v) is 11.5. The molecule has 0 aromatic rings. The van der Waals surface area contributed by atoms with Gasteiger partial charge < -0.3 is 22.1 Å². The zero-order chi connectivity index (χ0) is 26.8. The van der Waals surface area contributed by atoms with Crippen LogP contribution in [0.2, 0.25) is 0 Å². The van der Waals surface area contributed by atoms with E-state index in [1.807, 2.05) is 0 Å². The molecule has 0 aliphatic heterocycles. The van der Waals surface area contributed by atoms with E-state index in [0.29, 0.717) is 24.9 Å². The molecule has 0 radical (unpaired) electrons. The molecular weight excluding hydrogens is 448 g/mol. The standard InChI is InChI=1S/C17H34N4O2.C10H18.C3H8/c1-3-4-7-13(16(19)22)14-10-12(14)11-21-17(23)15(20-2)8-5-6-9-18;1-2-6-10-8-4-3-7-9(10)5-1;1-3-2/h12-15,20H,3-11,18H2,1-2H3,(H2,19,22)(H,21,23);9-10H,1-8H2;3H2,1-2H3/t12?,13-,14+,15+;;/m1../s1. The van der Waals surface area contributed by atoms with Crippen LogP contribution in [-0.4, -0.2) is 38.0 Å². The highest BCUT2D eigenvalue weighted by Gasteiger charge is 2.44. The molecule has 212 valence electrons. The number of hydrogen-bond acceptors (Lipinski definition) is 4. The molecule has 3 aliphatic carbocycles. The fourth-order valence-corrected chi connectivity index (χ4v) is 6.10. The summed E-state index contributed by atoms with van der Waals surface area (Å²) in [6.45, 7) is 7.67. The minimum atomic E-state index is -0.188. The van der Waals surface area contributed by atoms with Crippen LogP contribution >= 0.6 is 0 Å². The van der Waals surface area contributed by atoms with E-state index < -0.39 is 0 Å². The van der Waals surface area contributed by atoms with Gasteiger partial charge in [-0.15, -0.1) is 0 Å². The Kier molecular flexibility index (Phi) is 18.2. The topological polar surface area (TPSA) is 110 Å². The van der Waals surface area contributed by atoms with Gasteiger partial charge in [0.05, 0.1) is 6.04 Å². The van der Waals surface area contributed by atoms with E-state index in [1.165, 1.54) is 32.1 Å². The number of amides is 2. The van der Waals surface area contributed by atoms with Crippen LogP contribution in [0.1, 0.15) is 124 Å². The summed E-state index contributed by atoms with van der Waals surface area (Å²) in [6.07, 6.45) is 20.3. The Bertz CT molecular complexity index is 559. The molecule has 0 heterocycles. The van der Waals surface area contributed by atoms with Crippen LogP contribution in [0.5, 0.6) is 0 Å². The van der Waals surface area contributed by atoms with E-state index >= 15 is 0 Å². The highest BCUT2D eigenvalue weighted by molar-refractivity contribution is 5.81. The minimum absolute atomic E-state index is 0.0264. The van der Waals surface area contributed by atoms with Crippen molar-refractivity contribution in [1.29, 1.82) is 0 Å². The average Bonchev–Trinajstić information content (AvgIpc) is 3.65. The summed E-state index contributed by atoms with van der Waals surface area (Å²) in [5.41, 5.74) is 11.0. The first-order valence-corrected chi connectivity index (χ1v) is 15.4. The molecule has 4 atom stereocenters. The van der Waals surface area contributed by atoms with Crippen molar-refractivity contribution in [3.63, 3.8) is 0 Å². The molecule has 0 saturated heterocycles. The second kappa shape index (κ2) is 19.9. The van der Waals surface area contributed by atoms with Crippen molar-refractivity contribution in [2.45, 2.75) is 130 Å². The quantitative estimate of drug-likeness (QED) is 0.245. The normalized spacial score (nSPS) is 26.1. The van der Waals surface area contributed by atoms with Crippen molar-refractivity contribution >= 4 is 11.8 Å². The molecule has 0 aromatic heterocycles. The number of hydrogen-bond donors (Lipinski definition) is 4. The van der Waals surface area contributed by atoms with E-state index in [-0.39, 0.29) is 23.8 Å². The van der Waals surface area contributed by atoms with Crippen molar-refractivity contribution < 1.29 is 9.59 Å². The first-order valence-electron chi connectivity index (χ1n) is 15.4. The Morgan fingerprint density at radius 1 is 0.889 bits per heavy atom. The maximum absolute atomic E-state index is 12.2. The first-order chi connectivity index (χ1) is 17.4. The van der Waals surface area contributed by atoms with Crippen LogP contribution < -0.4 is 22.1 Å². The molecule has 36 heavy (non-hydrogen) atoms. The number of unbranched alkanes of at least 4 members (excludes halogenated alkanes) is 2. The van der Waals surface area contributed by atoms with Gasteiger partial charge >= 0.3 is 0 Å². The number of likely N-dealkylation sites (N-methyl/N-ethyl adjacent to an activating group) is 1. The van der Waals surface area contributed by atoms with Gasteiger partial charge in [-0.1, -0.05) is 97.8 Å². The molecule has 3 aliphatic rings. The summed E-state index contributed by atoms with van der Waals surface area (Å²) >= 11 is 0. The zero-order valence-corrected chi connectivity index (χ0v) is 24.2. The number of carbonyl (C=O) groups is 2. The monoisotopic (exact) mass is 508 g/mol. The third-order valence-electron chi connectivity index (χ3n) is 8.34. The number of nitrogens with one attached hydrogen (secondary N) is 2.